The molecule has 1 aromatic rings. The molecule has 0 heterocycles. The number of ether oxygens (including phenoxy) is 2. The highest BCUT2D eigenvalue weighted by molar-refractivity contribution is 5.68. The van der Waals surface area contributed by atoms with E-state index < -0.39 is 4.92 Å². The molecule has 0 aliphatic carbocycles. The van der Waals surface area contributed by atoms with Crippen LogP contribution in [0.4, 0.5) is 11.4 Å². The molecule has 100 valence electrons. The molecule has 1 rings (SSSR count). The quantitative estimate of drug-likeness (QED) is 0.624. The van der Waals surface area contributed by atoms with Crippen molar-refractivity contribution in [2.45, 2.75) is 13.8 Å². The van der Waals surface area contributed by atoms with Crippen LogP contribution in [0.1, 0.15) is 13.8 Å². The molecule has 0 radical (unpaired) electrons. The Morgan fingerprint density at radius 1 is 1.28 bits per heavy atom. The van der Waals surface area contributed by atoms with Gasteiger partial charge in [0.05, 0.1) is 25.2 Å². The van der Waals surface area contributed by atoms with Crippen LogP contribution < -0.4 is 14.8 Å². The second-order valence-electron chi connectivity index (χ2n) is 4.26. The van der Waals surface area contributed by atoms with Gasteiger partial charge in [-0.3, -0.25) is 10.1 Å². The van der Waals surface area contributed by atoms with Crippen LogP contribution in [0, 0.1) is 16.0 Å². The molecule has 0 saturated carbocycles. The summed E-state index contributed by atoms with van der Waals surface area (Å²) in [5.41, 5.74) is 0.416. The largest absolute Gasteiger partial charge is 0.493 e. The van der Waals surface area contributed by atoms with Crippen molar-refractivity contribution in [3.8, 4) is 11.5 Å². The molecule has 0 fully saturated rings. The van der Waals surface area contributed by atoms with Gasteiger partial charge in [0, 0.05) is 12.6 Å². The Bertz CT molecular complexity index is 432. The van der Waals surface area contributed by atoms with Crippen LogP contribution in [0.5, 0.6) is 11.5 Å². The number of methoxy groups -OCH3 is 2. The summed E-state index contributed by atoms with van der Waals surface area (Å²) >= 11 is 0. The van der Waals surface area contributed by atoms with Crippen LogP contribution in [0.25, 0.3) is 0 Å². The summed E-state index contributed by atoms with van der Waals surface area (Å²) in [6, 6.07) is 2.95. The summed E-state index contributed by atoms with van der Waals surface area (Å²) < 4.78 is 10.2. The molecule has 0 aliphatic rings. The number of nitrogens with one attached hydrogen (secondary N) is 1. The minimum Gasteiger partial charge on any atom is -0.493 e. The lowest BCUT2D eigenvalue weighted by atomic mass is 10.2. The predicted molar refractivity (Wildman–Crippen MR) is 69.5 cm³/mol. The van der Waals surface area contributed by atoms with Crippen LogP contribution in [0.3, 0.4) is 0 Å². The summed E-state index contributed by atoms with van der Waals surface area (Å²) in [6.45, 7) is 4.70. The Morgan fingerprint density at radius 2 is 1.83 bits per heavy atom. The number of nitrogens with zero attached hydrogens (tertiary/aromatic N) is 1. The molecule has 0 unspecified atom stereocenters. The number of hydrogen-bond acceptors (Lipinski definition) is 5. The van der Waals surface area contributed by atoms with Gasteiger partial charge < -0.3 is 14.8 Å². The van der Waals surface area contributed by atoms with E-state index in [9.17, 15) is 10.1 Å². The summed E-state index contributed by atoms with van der Waals surface area (Å²) in [6.07, 6.45) is 0. The molecule has 0 aromatic heterocycles. The van der Waals surface area contributed by atoms with Crippen LogP contribution in [0.2, 0.25) is 0 Å². The van der Waals surface area contributed by atoms with Crippen molar-refractivity contribution < 1.29 is 14.4 Å². The molecule has 0 bridgehead atoms. The molecule has 1 N–H and O–H groups in total. The summed E-state index contributed by atoms with van der Waals surface area (Å²) in [5.74, 6) is 1.20. The monoisotopic (exact) mass is 254 g/mol. The lowest BCUT2D eigenvalue weighted by molar-refractivity contribution is -0.384. The maximum atomic E-state index is 11.0. The third-order valence-electron chi connectivity index (χ3n) is 2.40. The maximum Gasteiger partial charge on any atom is 0.296 e. The number of nitro groups is 1. The number of rotatable bonds is 6. The van der Waals surface area contributed by atoms with E-state index in [0.717, 1.165) is 0 Å². The van der Waals surface area contributed by atoms with Crippen LogP contribution in [0.15, 0.2) is 12.1 Å². The van der Waals surface area contributed by atoms with Crippen LogP contribution >= 0.6 is 0 Å². The van der Waals surface area contributed by atoms with E-state index in [2.05, 4.69) is 5.32 Å². The molecule has 0 saturated heterocycles. The highest BCUT2D eigenvalue weighted by Gasteiger charge is 2.19. The fraction of sp³-hybridized carbons (Fsp3) is 0.500. The average Bonchev–Trinajstić information content (AvgIpc) is 2.34. The first kappa shape index (κ1) is 14.1. The fourth-order valence-electron chi connectivity index (χ4n) is 1.47. The van der Waals surface area contributed by atoms with E-state index in [-0.39, 0.29) is 5.69 Å². The molecule has 0 amide bonds. The minimum absolute atomic E-state index is 0.0201. The third kappa shape index (κ3) is 3.26. The van der Waals surface area contributed by atoms with Gasteiger partial charge >= 0.3 is 0 Å². The van der Waals surface area contributed by atoms with Crippen molar-refractivity contribution in [3.05, 3.63) is 22.2 Å². The lowest BCUT2D eigenvalue weighted by Crippen LogP contribution is -2.10. The van der Waals surface area contributed by atoms with Gasteiger partial charge in [0.15, 0.2) is 11.5 Å². The van der Waals surface area contributed by atoms with Crippen molar-refractivity contribution in [1.82, 2.24) is 0 Å². The Balaban J connectivity index is 3.16. The summed E-state index contributed by atoms with van der Waals surface area (Å²) in [5, 5.41) is 14.0. The van der Waals surface area contributed by atoms with E-state index in [1.807, 2.05) is 13.8 Å². The minimum atomic E-state index is -0.440. The van der Waals surface area contributed by atoms with Gasteiger partial charge in [-0.05, 0) is 5.92 Å². The number of hydrogen-bond donors (Lipinski definition) is 1. The SMILES string of the molecule is COc1cc(NCC(C)C)c([N+](=O)[O-])cc1OC. The van der Waals surface area contributed by atoms with Crippen molar-refractivity contribution in [2.24, 2.45) is 5.92 Å². The Hall–Kier alpha value is -1.98. The topological polar surface area (TPSA) is 73.6 Å². The number of benzene rings is 1. The molecular weight excluding hydrogens is 236 g/mol. The van der Waals surface area contributed by atoms with Crippen molar-refractivity contribution in [3.63, 3.8) is 0 Å². The summed E-state index contributed by atoms with van der Waals surface area (Å²) in [4.78, 5) is 10.6. The second kappa shape index (κ2) is 6.09. The Morgan fingerprint density at radius 3 is 2.28 bits per heavy atom. The summed E-state index contributed by atoms with van der Waals surface area (Å²) in [7, 11) is 2.94. The Labute approximate surface area is 106 Å². The highest BCUT2D eigenvalue weighted by atomic mass is 16.6. The van der Waals surface area contributed by atoms with Gasteiger partial charge in [-0.1, -0.05) is 13.8 Å². The highest BCUT2D eigenvalue weighted by Crippen LogP contribution is 2.37. The molecule has 6 heteroatoms. The second-order valence-corrected chi connectivity index (χ2v) is 4.26. The van der Waals surface area contributed by atoms with Gasteiger partial charge in [-0.2, -0.15) is 0 Å². The molecule has 1 aromatic carbocycles. The maximum absolute atomic E-state index is 11.0. The zero-order valence-electron chi connectivity index (χ0n) is 11.0. The molecule has 0 aliphatic heterocycles. The standard InChI is InChI=1S/C12H18N2O4/c1-8(2)7-13-9-5-11(17-3)12(18-4)6-10(9)14(15)16/h5-6,8,13H,7H2,1-4H3. The van der Waals surface area contributed by atoms with Gasteiger partial charge in [0.2, 0.25) is 0 Å². The van der Waals surface area contributed by atoms with Crippen LogP contribution in [-0.4, -0.2) is 25.7 Å². The normalized spacial score (nSPS) is 10.3. The van der Waals surface area contributed by atoms with E-state index in [1.165, 1.54) is 20.3 Å². The van der Waals surface area contributed by atoms with Gasteiger partial charge in [-0.25, -0.2) is 0 Å². The zero-order valence-corrected chi connectivity index (χ0v) is 11.0. The van der Waals surface area contributed by atoms with Crippen molar-refractivity contribution in [2.75, 3.05) is 26.1 Å². The first-order valence-electron chi connectivity index (χ1n) is 5.63. The zero-order chi connectivity index (χ0) is 13.7. The first-order chi connectivity index (χ1) is 8.49. The van der Waals surface area contributed by atoms with E-state index in [4.69, 9.17) is 9.47 Å². The average molecular weight is 254 g/mol. The van der Waals surface area contributed by atoms with Crippen LogP contribution in [-0.2, 0) is 0 Å². The Kier molecular flexibility index (Phi) is 4.76. The van der Waals surface area contributed by atoms with E-state index in [0.29, 0.717) is 29.6 Å². The smallest absolute Gasteiger partial charge is 0.296 e. The molecular formula is C12H18N2O4. The molecule has 0 spiro atoms. The van der Waals surface area contributed by atoms with E-state index >= 15 is 0 Å². The van der Waals surface area contributed by atoms with Gasteiger partial charge in [-0.15, -0.1) is 0 Å². The predicted octanol–water partition coefficient (Wildman–Crippen LogP) is 2.68. The number of anilines is 1. The number of nitro benzene ring substituents is 1. The van der Waals surface area contributed by atoms with E-state index in [1.54, 1.807) is 6.07 Å². The third-order valence-corrected chi connectivity index (χ3v) is 2.40. The molecule has 18 heavy (non-hydrogen) atoms. The fourth-order valence-corrected chi connectivity index (χ4v) is 1.47. The first-order valence-corrected chi connectivity index (χ1v) is 5.63. The molecule has 6 nitrogen and oxygen atoms in total. The van der Waals surface area contributed by atoms with Crippen molar-refractivity contribution in [1.29, 1.82) is 0 Å². The van der Waals surface area contributed by atoms with Gasteiger partial charge in [0.1, 0.15) is 5.69 Å². The van der Waals surface area contributed by atoms with Crippen molar-refractivity contribution >= 4 is 11.4 Å². The lowest BCUT2D eigenvalue weighted by Gasteiger charge is -2.13. The molecule has 0 atom stereocenters. The van der Waals surface area contributed by atoms with Gasteiger partial charge in [0.25, 0.3) is 5.69 Å².